The highest BCUT2D eigenvalue weighted by atomic mass is 16.5. The molecule has 3 heteroatoms. The third kappa shape index (κ3) is 4.20. The molecule has 27 heavy (non-hydrogen) atoms. The molecule has 0 N–H and O–H groups in total. The fourth-order valence-corrected chi connectivity index (χ4v) is 3.36. The normalized spacial score (nSPS) is 11.0. The SMILES string of the molecule is Cc1ccc(OCCn2c(CCc3ccccc3)nc3ccccc32)cc1. The van der Waals surface area contributed by atoms with Gasteiger partial charge in [-0.05, 0) is 43.2 Å². The Kier molecular flexibility index (Phi) is 5.20. The monoisotopic (exact) mass is 356 g/mol. The molecule has 3 nitrogen and oxygen atoms in total. The van der Waals surface area contributed by atoms with Crippen LogP contribution < -0.4 is 4.74 Å². The number of aryl methyl sites for hydroxylation is 3. The van der Waals surface area contributed by atoms with Gasteiger partial charge in [0.15, 0.2) is 0 Å². The zero-order valence-corrected chi connectivity index (χ0v) is 15.6. The predicted molar refractivity (Wildman–Crippen MR) is 110 cm³/mol. The largest absolute Gasteiger partial charge is 0.492 e. The zero-order chi connectivity index (χ0) is 18.5. The van der Waals surface area contributed by atoms with Crippen LogP contribution in [0.3, 0.4) is 0 Å². The van der Waals surface area contributed by atoms with Gasteiger partial charge in [0.1, 0.15) is 18.2 Å². The molecule has 0 spiro atoms. The number of imidazole rings is 1. The summed E-state index contributed by atoms with van der Waals surface area (Å²) < 4.78 is 8.25. The van der Waals surface area contributed by atoms with Crippen molar-refractivity contribution in [2.45, 2.75) is 26.3 Å². The Bertz CT molecular complexity index is 1000. The van der Waals surface area contributed by atoms with Gasteiger partial charge in [-0.2, -0.15) is 0 Å². The molecule has 4 aromatic rings. The lowest BCUT2D eigenvalue weighted by Gasteiger charge is -2.11. The summed E-state index contributed by atoms with van der Waals surface area (Å²) in [6.45, 7) is 3.50. The van der Waals surface area contributed by atoms with Gasteiger partial charge in [0.2, 0.25) is 0 Å². The topological polar surface area (TPSA) is 27.1 Å². The van der Waals surface area contributed by atoms with E-state index in [1.54, 1.807) is 0 Å². The number of nitrogens with zero attached hydrogens (tertiary/aromatic N) is 2. The highest BCUT2D eigenvalue weighted by molar-refractivity contribution is 5.75. The van der Waals surface area contributed by atoms with E-state index in [2.05, 4.69) is 72.2 Å². The Labute approximate surface area is 160 Å². The van der Waals surface area contributed by atoms with E-state index in [4.69, 9.17) is 9.72 Å². The molecule has 0 aliphatic rings. The Hall–Kier alpha value is -3.07. The molecule has 0 radical (unpaired) electrons. The van der Waals surface area contributed by atoms with Crippen molar-refractivity contribution in [3.8, 4) is 5.75 Å². The fourth-order valence-electron chi connectivity index (χ4n) is 3.36. The summed E-state index contributed by atoms with van der Waals surface area (Å²) in [6.07, 6.45) is 1.91. The minimum Gasteiger partial charge on any atom is -0.492 e. The maximum atomic E-state index is 5.95. The van der Waals surface area contributed by atoms with Gasteiger partial charge in [0.25, 0.3) is 0 Å². The van der Waals surface area contributed by atoms with E-state index in [1.165, 1.54) is 16.6 Å². The predicted octanol–water partition coefficient (Wildman–Crippen LogP) is 5.21. The summed E-state index contributed by atoms with van der Waals surface area (Å²) in [7, 11) is 0. The lowest BCUT2D eigenvalue weighted by Crippen LogP contribution is -2.12. The number of ether oxygens (including phenoxy) is 1. The molecule has 0 saturated carbocycles. The molecule has 0 bridgehead atoms. The van der Waals surface area contributed by atoms with Crippen molar-refractivity contribution < 1.29 is 4.74 Å². The molecular formula is C24H24N2O. The summed E-state index contributed by atoms with van der Waals surface area (Å²) in [5.41, 5.74) is 4.81. The highest BCUT2D eigenvalue weighted by Gasteiger charge is 2.10. The van der Waals surface area contributed by atoms with Crippen molar-refractivity contribution >= 4 is 11.0 Å². The summed E-state index contributed by atoms with van der Waals surface area (Å²) in [5.74, 6) is 2.03. The maximum Gasteiger partial charge on any atom is 0.119 e. The van der Waals surface area contributed by atoms with Gasteiger partial charge >= 0.3 is 0 Å². The molecule has 0 amide bonds. The minimum absolute atomic E-state index is 0.627. The Balaban J connectivity index is 1.50. The van der Waals surface area contributed by atoms with E-state index in [0.717, 1.165) is 36.5 Å². The minimum atomic E-state index is 0.627. The van der Waals surface area contributed by atoms with Gasteiger partial charge < -0.3 is 9.30 Å². The van der Waals surface area contributed by atoms with Crippen molar-refractivity contribution in [2.24, 2.45) is 0 Å². The average Bonchev–Trinajstić information content (AvgIpc) is 3.06. The second kappa shape index (κ2) is 8.09. The smallest absolute Gasteiger partial charge is 0.119 e. The number of benzene rings is 3. The quantitative estimate of drug-likeness (QED) is 0.454. The second-order valence-electron chi connectivity index (χ2n) is 6.82. The number of aromatic nitrogens is 2. The van der Waals surface area contributed by atoms with Crippen LogP contribution in [0.2, 0.25) is 0 Å². The van der Waals surface area contributed by atoms with E-state index in [9.17, 15) is 0 Å². The van der Waals surface area contributed by atoms with Crippen LogP contribution in [0, 0.1) is 6.92 Å². The lowest BCUT2D eigenvalue weighted by atomic mass is 10.1. The molecule has 0 fully saturated rings. The van der Waals surface area contributed by atoms with Crippen LogP contribution >= 0.6 is 0 Å². The van der Waals surface area contributed by atoms with E-state index < -0.39 is 0 Å². The molecule has 0 aliphatic carbocycles. The van der Waals surface area contributed by atoms with Crippen molar-refractivity contribution in [3.05, 3.63) is 95.8 Å². The number of hydrogen-bond acceptors (Lipinski definition) is 2. The highest BCUT2D eigenvalue weighted by Crippen LogP contribution is 2.18. The molecule has 0 unspecified atom stereocenters. The third-order valence-electron chi connectivity index (χ3n) is 4.82. The van der Waals surface area contributed by atoms with Crippen LogP contribution in [0.4, 0.5) is 0 Å². The number of rotatable bonds is 7. The van der Waals surface area contributed by atoms with E-state index in [0.29, 0.717) is 6.61 Å². The van der Waals surface area contributed by atoms with Gasteiger partial charge in [0, 0.05) is 6.42 Å². The number of para-hydroxylation sites is 2. The van der Waals surface area contributed by atoms with E-state index in [-0.39, 0.29) is 0 Å². The van der Waals surface area contributed by atoms with Gasteiger partial charge in [-0.1, -0.05) is 60.2 Å². The summed E-state index contributed by atoms with van der Waals surface area (Å²) in [6, 6.07) is 27.1. The van der Waals surface area contributed by atoms with Crippen LogP contribution in [-0.2, 0) is 19.4 Å². The number of hydrogen-bond donors (Lipinski definition) is 0. The first kappa shape index (κ1) is 17.3. The van der Waals surface area contributed by atoms with Crippen LogP contribution in [0.5, 0.6) is 5.75 Å². The standard InChI is InChI=1S/C24H24N2O/c1-19-11-14-21(15-12-19)27-18-17-26-23-10-6-5-9-22(23)25-24(26)16-13-20-7-3-2-4-8-20/h2-12,14-15H,13,16-18H2,1H3. The van der Waals surface area contributed by atoms with E-state index >= 15 is 0 Å². The Morgan fingerprint density at radius 1 is 0.815 bits per heavy atom. The third-order valence-corrected chi connectivity index (χ3v) is 4.82. The average molecular weight is 356 g/mol. The van der Waals surface area contributed by atoms with Gasteiger partial charge in [-0.15, -0.1) is 0 Å². The van der Waals surface area contributed by atoms with Gasteiger partial charge in [-0.3, -0.25) is 0 Å². The van der Waals surface area contributed by atoms with Crippen LogP contribution in [-0.4, -0.2) is 16.2 Å². The molecule has 0 atom stereocenters. The molecule has 1 aromatic heterocycles. The summed E-state index contributed by atoms with van der Waals surface area (Å²) in [4.78, 5) is 4.87. The van der Waals surface area contributed by atoms with E-state index in [1.807, 2.05) is 18.2 Å². The van der Waals surface area contributed by atoms with Gasteiger partial charge in [-0.25, -0.2) is 4.98 Å². The molecule has 4 rings (SSSR count). The summed E-state index contributed by atoms with van der Waals surface area (Å²) >= 11 is 0. The first-order valence-corrected chi connectivity index (χ1v) is 9.47. The van der Waals surface area contributed by atoms with Crippen molar-refractivity contribution in [3.63, 3.8) is 0 Å². The molecular weight excluding hydrogens is 332 g/mol. The molecule has 3 aromatic carbocycles. The van der Waals surface area contributed by atoms with Crippen molar-refractivity contribution in [2.75, 3.05) is 6.61 Å². The first-order valence-electron chi connectivity index (χ1n) is 9.47. The molecule has 1 heterocycles. The first-order chi connectivity index (χ1) is 13.3. The lowest BCUT2D eigenvalue weighted by molar-refractivity contribution is 0.298. The van der Waals surface area contributed by atoms with Crippen molar-refractivity contribution in [1.82, 2.24) is 9.55 Å². The van der Waals surface area contributed by atoms with Crippen LogP contribution in [0.25, 0.3) is 11.0 Å². The maximum absolute atomic E-state index is 5.95. The molecule has 0 saturated heterocycles. The van der Waals surface area contributed by atoms with Crippen LogP contribution in [0.1, 0.15) is 17.0 Å². The van der Waals surface area contributed by atoms with Crippen LogP contribution in [0.15, 0.2) is 78.9 Å². The Morgan fingerprint density at radius 3 is 2.37 bits per heavy atom. The zero-order valence-electron chi connectivity index (χ0n) is 15.6. The summed E-state index contributed by atoms with van der Waals surface area (Å²) in [5, 5.41) is 0. The molecule has 0 aliphatic heterocycles. The Morgan fingerprint density at radius 2 is 1.56 bits per heavy atom. The van der Waals surface area contributed by atoms with Gasteiger partial charge in [0.05, 0.1) is 17.6 Å². The fraction of sp³-hybridized carbons (Fsp3) is 0.208. The second-order valence-corrected chi connectivity index (χ2v) is 6.82. The van der Waals surface area contributed by atoms with Crippen molar-refractivity contribution in [1.29, 1.82) is 0 Å². The molecule has 136 valence electrons. The number of fused-ring (bicyclic) bond motifs is 1.